The van der Waals surface area contributed by atoms with Gasteiger partial charge in [-0.2, -0.15) is 0 Å². The third kappa shape index (κ3) is 3.29. The van der Waals surface area contributed by atoms with Crippen LogP contribution in [0.3, 0.4) is 0 Å². The number of benzene rings is 2. The second-order valence-corrected chi connectivity index (χ2v) is 4.36. The van der Waals surface area contributed by atoms with Crippen molar-refractivity contribution in [2.75, 3.05) is 12.4 Å². The van der Waals surface area contributed by atoms with Gasteiger partial charge in [0.1, 0.15) is 17.3 Å². The molecule has 0 aliphatic rings. The Morgan fingerprint density at radius 3 is 2.71 bits per heavy atom. The number of aromatic hydroxyl groups is 1. The zero-order valence-electron chi connectivity index (χ0n) is 11.4. The number of methoxy groups -OCH3 is 1. The molecule has 5 nitrogen and oxygen atoms in total. The summed E-state index contributed by atoms with van der Waals surface area (Å²) in [5.74, 6) is -1.02. The minimum Gasteiger partial charge on any atom is -0.507 e. The second kappa shape index (κ2) is 6.23. The molecule has 2 rings (SSSR count). The molecule has 110 valence electrons. The first kappa shape index (κ1) is 14.8. The minimum absolute atomic E-state index is 0.00310. The molecule has 0 aliphatic heterocycles. The third-order valence-electron chi connectivity index (χ3n) is 2.97. The van der Waals surface area contributed by atoms with Crippen molar-refractivity contribution in [2.24, 2.45) is 5.73 Å². The van der Waals surface area contributed by atoms with E-state index >= 15 is 0 Å². The van der Waals surface area contributed by atoms with Crippen LogP contribution in [-0.4, -0.2) is 18.1 Å². The maximum absolute atomic E-state index is 13.8. The van der Waals surface area contributed by atoms with E-state index < -0.39 is 11.7 Å². The van der Waals surface area contributed by atoms with Gasteiger partial charge in [0.25, 0.3) is 5.91 Å². The van der Waals surface area contributed by atoms with Gasteiger partial charge in [-0.15, -0.1) is 0 Å². The number of carbonyl (C=O) groups excluding carboxylic acids is 1. The van der Waals surface area contributed by atoms with Crippen molar-refractivity contribution in [3.63, 3.8) is 0 Å². The number of nitrogens with one attached hydrogen (secondary N) is 1. The Hall–Kier alpha value is -2.60. The van der Waals surface area contributed by atoms with Crippen LogP contribution in [0.15, 0.2) is 36.4 Å². The summed E-state index contributed by atoms with van der Waals surface area (Å²) in [6, 6.07) is 8.51. The Morgan fingerprint density at radius 1 is 1.33 bits per heavy atom. The number of hydrogen-bond donors (Lipinski definition) is 3. The number of ether oxygens (including phenoxy) is 1. The topological polar surface area (TPSA) is 84.6 Å². The normalized spacial score (nSPS) is 10.2. The molecule has 21 heavy (non-hydrogen) atoms. The van der Waals surface area contributed by atoms with Gasteiger partial charge >= 0.3 is 0 Å². The average molecular weight is 290 g/mol. The lowest BCUT2D eigenvalue weighted by Crippen LogP contribution is -2.13. The number of phenolic OH excluding ortho intramolecular Hbond substituents is 1. The SMILES string of the molecule is COc1ccc(O)c(C(=O)Nc2ccc(CN)cc2F)c1. The first-order valence-electron chi connectivity index (χ1n) is 6.22. The van der Waals surface area contributed by atoms with Gasteiger partial charge in [-0.05, 0) is 35.9 Å². The summed E-state index contributed by atoms with van der Waals surface area (Å²) in [5.41, 5.74) is 6.04. The Labute approximate surface area is 121 Å². The van der Waals surface area contributed by atoms with Crippen LogP contribution < -0.4 is 15.8 Å². The monoisotopic (exact) mass is 290 g/mol. The molecule has 0 bridgehead atoms. The molecule has 0 aliphatic carbocycles. The Kier molecular flexibility index (Phi) is 4.39. The number of halogens is 1. The van der Waals surface area contributed by atoms with Crippen molar-refractivity contribution in [1.82, 2.24) is 0 Å². The molecule has 0 atom stereocenters. The van der Waals surface area contributed by atoms with Gasteiger partial charge < -0.3 is 20.9 Å². The molecule has 2 aromatic rings. The van der Waals surface area contributed by atoms with Gasteiger partial charge in [-0.3, -0.25) is 4.79 Å². The van der Waals surface area contributed by atoms with E-state index in [0.29, 0.717) is 11.3 Å². The van der Waals surface area contributed by atoms with Gasteiger partial charge in [-0.1, -0.05) is 6.07 Å². The summed E-state index contributed by atoms with van der Waals surface area (Å²) < 4.78 is 18.8. The third-order valence-corrected chi connectivity index (χ3v) is 2.97. The van der Waals surface area contributed by atoms with Gasteiger partial charge in [0.05, 0.1) is 18.4 Å². The largest absolute Gasteiger partial charge is 0.507 e. The molecule has 0 spiro atoms. The van der Waals surface area contributed by atoms with Crippen molar-refractivity contribution in [3.05, 3.63) is 53.3 Å². The van der Waals surface area contributed by atoms with Crippen LogP contribution in [0.5, 0.6) is 11.5 Å². The van der Waals surface area contributed by atoms with E-state index in [2.05, 4.69) is 5.32 Å². The van der Waals surface area contributed by atoms with Crippen LogP contribution in [0.1, 0.15) is 15.9 Å². The predicted octanol–water partition coefficient (Wildman–Crippen LogP) is 2.25. The molecule has 2 aromatic carbocycles. The molecule has 0 saturated carbocycles. The molecule has 6 heteroatoms. The number of phenols is 1. The van der Waals surface area contributed by atoms with E-state index in [1.165, 1.54) is 37.4 Å². The zero-order chi connectivity index (χ0) is 15.4. The van der Waals surface area contributed by atoms with Crippen LogP contribution >= 0.6 is 0 Å². The highest BCUT2D eigenvalue weighted by atomic mass is 19.1. The highest BCUT2D eigenvalue weighted by Crippen LogP contribution is 2.24. The van der Waals surface area contributed by atoms with Crippen molar-refractivity contribution < 1.29 is 19.0 Å². The Bertz CT molecular complexity index is 674. The smallest absolute Gasteiger partial charge is 0.259 e. The summed E-state index contributed by atoms with van der Waals surface area (Å²) >= 11 is 0. The van der Waals surface area contributed by atoms with Gasteiger partial charge in [0, 0.05) is 6.54 Å². The molecule has 4 N–H and O–H groups in total. The summed E-state index contributed by atoms with van der Waals surface area (Å²) in [6.45, 7) is 0.210. The first-order chi connectivity index (χ1) is 10.0. The van der Waals surface area contributed by atoms with E-state index in [1.807, 2.05) is 0 Å². The molecule has 0 radical (unpaired) electrons. The number of hydrogen-bond acceptors (Lipinski definition) is 4. The maximum Gasteiger partial charge on any atom is 0.259 e. The van der Waals surface area contributed by atoms with E-state index in [1.54, 1.807) is 6.07 Å². The van der Waals surface area contributed by atoms with Crippen molar-refractivity contribution in [3.8, 4) is 11.5 Å². The Morgan fingerprint density at radius 2 is 2.10 bits per heavy atom. The molecule has 0 unspecified atom stereocenters. The molecule has 0 fully saturated rings. The standard InChI is InChI=1S/C15H15FN2O3/c1-21-10-3-5-14(19)11(7-10)15(20)18-13-4-2-9(8-17)6-12(13)16/h2-7,19H,8,17H2,1H3,(H,18,20). The molecule has 0 saturated heterocycles. The van der Waals surface area contributed by atoms with Gasteiger partial charge in [0.2, 0.25) is 0 Å². The highest BCUT2D eigenvalue weighted by molar-refractivity contribution is 6.06. The lowest BCUT2D eigenvalue weighted by atomic mass is 10.1. The highest BCUT2D eigenvalue weighted by Gasteiger charge is 2.14. The number of carbonyl (C=O) groups is 1. The molecular formula is C15H15FN2O3. The lowest BCUT2D eigenvalue weighted by Gasteiger charge is -2.10. The van der Waals surface area contributed by atoms with E-state index in [-0.39, 0.29) is 23.5 Å². The Balaban J connectivity index is 2.26. The van der Waals surface area contributed by atoms with Crippen molar-refractivity contribution >= 4 is 11.6 Å². The van der Waals surface area contributed by atoms with Crippen LogP contribution in [0.4, 0.5) is 10.1 Å². The number of anilines is 1. The molecule has 0 aromatic heterocycles. The average Bonchev–Trinajstić information content (AvgIpc) is 2.49. The molecular weight excluding hydrogens is 275 g/mol. The van der Waals surface area contributed by atoms with E-state index in [9.17, 15) is 14.3 Å². The quantitative estimate of drug-likeness (QED) is 0.806. The van der Waals surface area contributed by atoms with Crippen molar-refractivity contribution in [1.29, 1.82) is 0 Å². The maximum atomic E-state index is 13.8. The fraction of sp³-hybridized carbons (Fsp3) is 0.133. The van der Waals surface area contributed by atoms with Crippen LogP contribution in [0.25, 0.3) is 0 Å². The summed E-state index contributed by atoms with van der Waals surface area (Å²) in [5, 5.41) is 12.1. The minimum atomic E-state index is -0.634. The van der Waals surface area contributed by atoms with Gasteiger partial charge in [-0.25, -0.2) is 4.39 Å². The van der Waals surface area contributed by atoms with Crippen LogP contribution in [0.2, 0.25) is 0 Å². The fourth-order valence-corrected chi connectivity index (χ4v) is 1.80. The lowest BCUT2D eigenvalue weighted by molar-refractivity contribution is 0.102. The zero-order valence-corrected chi connectivity index (χ0v) is 11.4. The van der Waals surface area contributed by atoms with Crippen LogP contribution in [-0.2, 0) is 6.54 Å². The summed E-state index contributed by atoms with van der Waals surface area (Å²) in [6.07, 6.45) is 0. The predicted molar refractivity (Wildman–Crippen MR) is 76.9 cm³/mol. The number of nitrogens with two attached hydrogens (primary N) is 1. The second-order valence-electron chi connectivity index (χ2n) is 4.36. The molecule has 0 heterocycles. The van der Waals surface area contributed by atoms with Crippen molar-refractivity contribution in [2.45, 2.75) is 6.54 Å². The van der Waals surface area contributed by atoms with Crippen LogP contribution in [0, 0.1) is 5.82 Å². The summed E-state index contributed by atoms with van der Waals surface area (Å²) in [7, 11) is 1.44. The number of rotatable bonds is 4. The first-order valence-corrected chi connectivity index (χ1v) is 6.22. The summed E-state index contributed by atoms with van der Waals surface area (Å²) in [4.78, 5) is 12.1. The van der Waals surface area contributed by atoms with Gasteiger partial charge in [0.15, 0.2) is 0 Å². The number of amides is 1. The van der Waals surface area contributed by atoms with E-state index in [0.717, 1.165) is 0 Å². The fourth-order valence-electron chi connectivity index (χ4n) is 1.80. The molecule has 1 amide bonds. The van der Waals surface area contributed by atoms with E-state index in [4.69, 9.17) is 10.5 Å².